The molecule has 0 saturated heterocycles. The van der Waals surface area contributed by atoms with E-state index < -0.39 is 16.0 Å². The van der Waals surface area contributed by atoms with Gasteiger partial charge in [0.25, 0.3) is 5.91 Å². The van der Waals surface area contributed by atoms with Gasteiger partial charge < -0.3 is 9.64 Å². The molecular formula is C17H26N2O5S. The van der Waals surface area contributed by atoms with Gasteiger partial charge in [0, 0.05) is 19.6 Å². The summed E-state index contributed by atoms with van der Waals surface area (Å²) >= 11 is 0. The molecule has 0 aromatic heterocycles. The summed E-state index contributed by atoms with van der Waals surface area (Å²) in [4.78, 5) is 25.5. The Morgan fingerprint density at radius 1 is 1.08 bits per heavy atom. The maximum absolute atomic E-state index is 12.0. The molecule has 0 heterocycles. The highest BCUT2D eigenvalue weighted by atomic mass is 32.2. The Morgan fingerprint density at radius 2 is 1.68 bits per heavy atom. The average molecular weight is 370 g/mol. The number of hydrogen-bond acceptors (Lipinski definition) is 5. The van der Waals surface area contributed by atoms with Crippen LogP contribution in [0.4, 0.5) is 0 Å². The zero-order chi connectivity index (χ0) is 18.7. The number of carbonyl (C=O) groups is 2. The SMILES string of the molecule is CCCN(CCC)C(=O)COC(=O)CCNS(=O)(=O)c1ccccc1. The molecule has 0 bridgehead atoms. The van der Waals surface area contributed by atoms with E-state index in [2.05, 4.69) is 4.72 Å². The van der Waals surface area contributed by atoms with Crippen molar-refractivity contribution in [2.75, 3.05) is 26.2 Å². The Morgan fingerprint density at radius 3 is 2.24 bits per heavy atom. The first-order valence-corrected chi connectivity index (χ1v) is 9.87. The third-order valence-corrected chi connectivity index (χ3v) is 4.85. The molecule has 0 unspecified atom stereocenters. The summed E-state index contributed by atoms with van der Waals surface area (Å²) in [5.74, 6) is -0.848. The first kappa shape index (κ1) is 21.1. The summed E-state index contributed by atoms with van der Waals surface area (Å²) in [6.45, 7) is 4.80. The molecule has 1 rings (SSSR count). The monoisotopic (exact) mass is 370 g/mol. The Bertz CT molecular complexity index is 640. The molecule has 0 saturated carbocycles. The molecule has 0 fully saturated rings. The molecule has 1 N–H and O–H groups in total. The number of carbonyl (C=O) groups excluding carboxylic acids is 2. The number of ether oxygens (including phenoxy) is 1. The minimum Gasteiger partial charge on any atom is -0.456 e. The molecule has 0 spiro atoms. The lowest BCUT2D eigenvalue weighted by Crippen LogP contribution is -2.36. The number of benzene rings is 1. The van der Waals surface area contributed by atoms with E-state index in [4.69, 9.17) is 4.74 Å². The average Bonchev–Trinajstić information content (AvgIpc) is 2.60. The quantitative estimate of drug-likeness (QED) is 0.597. The van der Waals surface area contributed by atoms with Gasteiger partial charge in [-0.05, 0) is 25.0 Å². The Kier molecular flexibility index (Phi) is 9.15. The lowest BCUT2D eigenvalue weighted by molar-refractivity contribution is -0.151. The van der Waals surface area contributed by atoms with Crippen molar-refractivity contribution in [1.29, 1.82) is 0 Å². The molecule has 0 aliphatic carbocycles. The van der Waals surface area contributed by atoms with Crippen LogP contribution in [0.2, 0.25) is 0 Å². The van der Waals surface area contributed by atoms with Crippen molar-refractivity contribution >= 4 is 21.9 Å². The highest BCUT2D eigenvalue weighted by Crippen LogP contribution is 2.06. The van der Waals surface area contributed by atoms with E-state index in [0.29, 0.717) is 13.1 Å². The minimum absolute atomic E-state index is 0.0854. The second-order valence-electron chi connectivity index (χ2n) is 5.50. The number of nitrogens with zero attached hydrogens (tertiary/aromatic N) is 1. The van der Waals surface area contributed by atoms with Crippen molar-refractivity contribution in [1.82, 2.24) is 9.62 Å². The van der Waals surface area contributed by atoms with E-state index in [1.165, 1.54) is 12.1 Å². The number of amides is 1. The topological polar surface area (TPSA) is 92.8 Å². The third kappa shape index (κ3) is 7.66. The number of esters is 1. The van der Waals surface area contributed by atoms with Crippen molar-refractivity contribution in [2.45, 2.75) is 38.0 Å². The highest BCUT2D eigenvalue weighted by Gasteiger charge is 2.16. The highest BCUT2D eigenvalue weighted by molar-refractivity contribution is 7.89. The maximum atomic E-state index is 12.0. The predicted octanol–water partition coefficient (Wildman–Crippen LogP) is 1.55. The summed E-state index contributed by atoms with van der Waals surface area (Å²) < 4.78 is 31.2. The van der Waals surface area contributed by atoms with Crippen LogP contribution in [0.5, 0.6) is 0 Å². The number of sulfonamides is 1. The standard InChI is InChI=1S/C17H26N2O5S/c1-3-12-19(13-4-2)16(20)14-24-17(21)10-11-18-25(22,23)15-8-6-5-7-9-15/h5-9,18H,3-4,10-14H2,1-2H3. The summed E-state index contributed by atoms with van der Waals surface area (Å²) in [6, 6.07) is 7.89. The fraction of sp³-hybridized carbons (Fsp3) is 0.529. The number of nitrogens with one attached hydrogen (secondary N) is 1. The van der Waals surface area contributed by atoms with E-state index in [0.717, 1.165) is 12.8 Å². The molecule has 0 radical (unpaired) electrons. The smallest absolute Gasteiger partial charge is 0.307 e. The van der Waals surface area contributed by atoms with Crippen molar-refractivity contribution in [3.63, 3.8) is 0 Å². The molecule has 25 heavy (non-hydrogen) atoms. The van der Waals surface area contributed by atoms with Crippen LogP contribution < -0.4 is 4.72 Å². The van der Waals surface area contributed by atoms with Crippen molar-refractivity contribution < 1.29 is 22.7 Å². The third-order valence-electron chi connectivity index (χ3n) is 3.37. The fourth-order valence-corrected chi connectivity index (χ4v) is 3.23. The molecule has 1 amide bonds. The molecular weight excluding hydrogens is 344 g/mol. The largest absolute Gasteiger partial charge is 0.456 e. The van der Waals surface area contributed by atoms with Crippen molar-refractivity contribution in [3.8, 4) is 0 Å². The van der Waals surface area contributed by atoms with E-state index >= 15 is 0 Å². The number of rotatable bonds is 11. The summed E-state index contributed by atoms with van der Waals surface area (Å²) in [5.41, 5.74) is 0. The zero-order valence-corrected chi connectivity index (χ0v) is 15.5. The minimum atomic E-state index is -3.65. The predicted molar refractivity (Wildman–Crippen MR) is 94.4 cm³/mol. The molecule has 0 atom stereocenters. The summed E-state index contributed by atoms with van der Waals surface area (Å²) in [6.07, 6.45) is 1.53. The van der Waals surface area contributed by atoms with Crippen LogP contribution in [0.15, 0.2) is 35.2 Å². The van der Waals surface area contributed by atoms with Gasteiger partial charge >= 0.3 is 5.97 Å². The van der Waals surface area contributed by atoms with E-state index in [9.17, 15) is 18.0 Å². The first-order valence-electron chi connectivity index (χ1n) is 8.38. The molecule has 0 aliphatic rings. The van der Waals surface area contributed by atoms with Gasteiger partial charge in [0.1, 0.15) is 0 Å². The van der Waals surface area contributed by atoms with Crippen molar-refractivity contribution in [3.05, 3.63) is 30.3 Å². The van der Waals surface area contributed by atoms with Crippen LogP contribution in [0.3, 0.4) is 0 Å². The van der Waals surface area contributed by atoms with Crippen LogP contribution >= 0.6 is 0 Å². The Hall–Kier alpha value is -1.93. The van der Waals surface area contributed by atoms with Gasteiger partial charge in [-0.3, -0.25) is 9.59 Å². The van der Waals surface area contributed by atoms with Crippen LogP contribution in [-0.2, 0) is 24.3 Å². The van der Waals surface area contributed by atoms with E-state index in [-0.39, 0.29) is 30.4 Å². The maximum Gasteiger partial charge on any atom is 0.307 e. The Labute approximate surface area is 149 Å². The van der Waals surface area contributed by atoms with Crippen LogP contribution in [-0.4, -0.2) is 51.4 Å². The lowest BCUT2D eigenvalue weighted by Gasteiger charge is -2.21. The van der Waals surface area contributed by atoms with E-state index in [1.807, 2.05) is 13.8 Å². The van der Waals surface area contributed by atoms with Gasteiger partial charge in [0.05, 0.1) is 11.3 Å². The molecule has 0 aliphatic heterocycles. The van der Waals surface area contributed by atoms with Gasteiger partial charge in [-0.2, -0.15) is 0 Å². The fourth-order valence-electron chi connectivity index (χ4n) is 2.18. The van der Waals surface area contributed by atoms with Gasteiger partial charge in [-0.1, -0.05) is 32.0 Å². The lowest BCUT2D eigenvalue weighted by atomic mass is 10.3. The van der Waals surface area contributed by atoms with Crippen LogP contribution in [0.1, 0.15) is 33.1 Å². The summed E-state index contributed by atoms with van der Waals surface area (Å²) in [5, 5.41) is 0. The second kappa shape index (κ2) is 10.8. The van der Waals surface area contributed by atoms with E-state index in [1.54, 1.807) is 23.1 Å². The number of hydrogen-bond donors (Lipinski definition) is 1. The summed E-state index contributed by atoms with van der Waals surface area (Å²) in [7, 11) is -3.65. The van der Waals surface area contributed by atoms with Gasteiger partial charge in [0.15, 0.2) is 6.61 Å². The molecule has 7 nitrogen and oxygen atoms in total. The van der Waals surface area contributed by atoms with Gasteiger partial charge in [0.2, 0.25) is 10.0 Å². The van der Waals surface area contributed by atoms with Gasteiger partial charge in [-0.15, -0.1) is 0 Å². The molecule has 140 valence electrons. The normalized spacial score (nSPS) is 11.1. The van der Waals surface area contributed by atoms with Crippen LogP contribution in [0.25, 0.3) is 0 Å². The van der Waals surface area contributed by atoms with Crippen molar-refractivity contribution in [2.24, 2.45) is 0 Å². The Balaban J connectivity index is 2.36. The molecule has 1 aromatic carbocycles. The molecule has 8 heteroatoms. The van der Waals surface area contributed by atoms with Crippen LogP contribution in [0, 0.1) is 0 Å². The first-order chi connectivity index (χ1) is 11.9. The second-order valence-corrected chi connectivity index (χ2v) is 7.27. The zero-order valence-electron chi connectivity index (χ0n) is 14.7. The molecule has 1 aromatic rings. The van der Waals surface area contributed by atoms with Gasteiger partial charge in [-0.25, -0.2) is 13.1 Å².